The molecule has 2 aromatic heterocycles. The summed E-state index contributed by atoms with van der Waals surface area (Å²) in [7, 11) is 0. The molecule has 11 heteroatoms. The van der Waals surface area contributed by atoms with Crippen LogP contribution in [0.25, 0.3) is 0 Å². The SMILES string of the molecule is Cc1ccc(I)c(C(=O)N2CCC(F)(F)CC2CNc2ccc(C(F)(F)F)cn2)n1. The highest BCUT2D eigenvalue weighted by atomic mass is 127. The maximum absolute atomic E-state index is 14.0. The molecule has 1 saturated heterocycles. The van der Waals surface area contributed by atoms with Gasteiger partial charge in [0.15, 0.2) is 0 Å². The van der Waals surface area contributed by atoms with Crippen molar-refractivity contribution >= 4 is 34.3 Å². The van der Waals surface area contributed by atoms with Crippen molar-refractivity contribution in [1.82, 2.24) is 14.9 Å². The van der Waals surface area contributed by atoms with Crippen molar-refractivity contribution in [3.8, 4) is 0 Å². The largest absolute Gasteiger partial charge is 0.417 e. The number of anilines is 1. The Bertz CT molecular complexity index is 920. The van der Waals surface area contributed by atoms with Crippen LogP contribution < -0.4 is 5.32 Å². The molecule has 2 aromatic rings. The zero-order valence-corrected chi connectivity index (χ0v) is 18.0. The number of piperidine rings is 1. The normalized spacial score (nSPS) is 18.9. The molecule has 1 aliphatic heterocycles. The Morgan fingerprint density at radius 1 is 1.30 bits per heavy atom. The van der Waals surface area contributed by atoms with Gasteiger partial charge in [0.05, 0.1) is 11.6 Å². The molecular formula is C19H18F5IN4O. The maximum atomic E-state index is 14.0. The topological polar surface area (TPSA) is 58.1 Å². The van der Waals surface area contributed by atoms with E-state index < -0.39 is 42.5 Å². The smallest absolute Gasteiger partial charge is 0.368 e. The molecule has 5 nitrogen and oxygen atoms in total. The molecule has 30 heavy (non-hydrogen) atoms. The zero-order valence-electron chi connectivity index (χ0n) is 15.8. The van der Waals surface area contributed by atoms with Crippen LogP contribution in [-0.4, -0.2) is 45.8 Å². The van der Waals surface area contributed by atoms with Crippen LogP contribution in [0.2, 0.25) is 0 Å². The van der Waals surface area contributed by atoms with Gasteiger partial charge in [-0.1, -0.05) is 0 Å². The molecule has 0 aliphatic carbocycles. The Labute approximate surface area is 183 Å². The number of carbonyl (C=O) groups is 1. The van der Waals surface area contributed by atoms with E-state index in [9.17, 15) is 26.7 Å². The number of aromatic nitrogens is 2. The second-order valence-electron chi connectivity index (χ2n) is 7.06. The van der Waals surface area contributed by atoms with Crippen molar-refractivity contribution in [2.75, 3.05) is 18.4 Å². The molecule has 1 unspecified atom stereocenters. The van der Waals surface area contributed by atoms with Crippen LogP contribution in [0.4, 0.5) is 27.8 Å². The van der Waals surface area contributed by atoms with Gasteiger partial charge in [-0.15, -0.1) is 0 Å². The van der Waals surface area contributed by atoms with Gasteiger partial charge in [0.1, 0.15) is 11.5 Å². The van der Waals surface area contributed by atoms with Gasteiger partial charge in [-0.2, -0.15) is 13.2 Å². The molecule has 3 heterocycles. The molecule has 0 radical (unpaired) electrons. The number of carbonyl (C=O) groups excluding carboxylic acids is 1. The number of hydrogen-bond donors (Lipinski definition) is 1. The Hall–Kier alpha value is -2.05. The highest BCUT2D eigenvalue weighted by molar-refractivity contribution is 14.1. The number of aryl methyl sites for hydroxylation is 1. The predicted molar refractivity (Wildman–Crippen MR) is 108 cm³/mol. The van der Waals surface area contributed by atoms with Crippen molar-refractivity contribution in [2.24, 2.45) is 0 Å². The lowest BCUT2D eigenvalue weighted by Crippen LogP contribution is -2.52. The molecule has 1 N–H and O–H groups in total. The zero-order chi connectivity index (χ0) is 22.1. The van der Waals surface area contributed by atoms with Crippen LogP contribution >= 0.6 is 22.6 Å². The van der Waals surface area contributed by atoms with Crippen LogP contribution in [0.1, 0.15) is 34.6 Å². The minimum Gasteiger partial charge on any atom is -0.368 e. The van der Waals surface area contributed by atoms with E-state index in [1.54, 1.807) is 19.1 Å². The van der Waals surface area contributed by atoms with Crippen molar-refractivity contribution in [3.05, 3.63) is 51.0 Å². The van der Waals surface area contributed by atoms with Crippen molar-refractivity contribution in [1.29, 1.82) is 0 Å². The summed E-state index contributed by atoms with van der Waals surface area (Å²) in [5, 5.41) is 2.77. The fourth-order valence-electron chi connectivity index (χ4n) is 3.19. The maximum Gasteiger partial charge on any atom is 0.417 e. The van der Waals surface area contributed by atoms with Crippen LogP contribution in [0.3, 0.4) is 0 Å². The minimum atomic E-state index is -4.52. The molecule has 0 spiro atoms. The third kappa shape index (κ3) is 5.35. The average Bonchev–Trinajstić information content (AvgIpc) is 2.67. The van der Waals surface area contributed by atoms with Crippen LogP contribution in [-0.2, 0) is 6.18 Å². The molecule has 3 rings (SSSR count). The van der Waals surface area contributed by atoms with E-state index in [0.29, 0.717) is 15.5 Å². The fraction of sp³-hybridized carbons (Fsp3) is 0.421. The fourth-order valence-corrected chi connectivity index (χ4v) is 3.72. The molecule has 0 bridgehead atoms. The first-order valence-corrected chi connectivity index (χ1v) is 10.1. The van der Waals surface area contributed by atoms with E-state index in [4.69, 9.17) is 0 Å². The standard InChI is InChI=1S/C19H18F5IN4O/c1-11-2-4-14(25)16(28-11)17(30)29-7-6-18(20,21)8-13(29)10-27-15-5-3-12(9-26-15)19(22,23)24/h2-5,9,13H,6-8,10H2,1H3,(H,26,27). The minimum absolute atomic E-state index is 0.0813. The van der Waals surface area contributed by atoms with Gasteiger partial charge in [-0.25, -0.2) is 18.7 Å². The summed E-state index contributed by atoms with van der Waals surface area (Å²) in [5.41, 5.74) is -0.0858. The van der Waals surface area contributed by atoms with Gasteiger partial charge in [0, 0.05) is 41.4 Å². The van der Waals surface area contributed by atoms with Crippen LogP contribution in [0.5, 0.6) is 0 Å². The van der Waals surface area contributed by atoms with Crippen LogP contribution in [0, 0.1) is 10.5 Å². The number of halogens is 6. The first kappa shape index (κ1) is 22.6. The lowest BCUT2D eigenvalue weighted by atomic mass is 9.97. The lowest BCUT2D eigenvalue weighted by Gasteiger charge is -2.39. The van der Waals surface area contributed by atoms with Crippen molar-refractivity contribution in [3.63, 3.8) is 0 Å². The van der Waals surface area contributed by atoms with E-state index in [2.05, 4.69) is 15.3 Å². The Morgan fingerprint density at radius 3 is 2.67 bits per heavy atom. The van der Waals surface area contributed by atoms with Gasteiger partial charge in [-0.3, -0.25) is 4.79 Å². The van der Waals surface area contributed by atoms with Gasteiger partial charge in [0.2, 0.25) is 0 Å². The summed E-state index contributed by atoms with van der Waals surface area (Å²) in [6.07, 6.45) is -4.87. The summed E-state index contributed by atoms with van der Waals surface area (Å²) in [4.78, 5) is 22.3. The number of pyridine rings is 2. The second-order valence-corrected chi connectivity index (χ2v) is 8.22. The van der Waals surface area contributed by atoms with E-state index in [1.165, 1.54) is 4.90 Å². The number of amides is 1. The number of rotatable bonds is 4. The molecule has 162 valence electrons. The third-order valence-electron chi connectivity index (χ3n) is 4.75. The van der Waals surface area contributed by atoms with Crippen LogP contribution in [0.15, 0.2) is 30.5 Å². The first-order valence-electron chi connectivity index (χ1n) is 9.05. The highest BCUT2D eigenvalue weighted by Crippen LogP contribution is 2.33. The Balaban J connectivity index is 1.77. The predicted octanol–water partition coefficient (Wildman–Crippen LogP) is 4.76. The van der Waals surface area contributed by atoms with E-state index in [1.807, 2.05) is 22.6 Å². The summed E-state index contributed by atoms with van der Waals surface area (Å²) in [6, 6.07) is 4.59. The second kappa shape index (κ2) is 8.60. The number of likely N-dealkylation sites (tertiary alicyclic amines) is 1. The van der Waals surface area contributed by atoms with Gasteiger partial charge >= 0.3 is 6.18 Å². The average molecular weight is 540 g/mol. The lowest BCUT2D eigenvalue weighted by molar-refractivity contribution is -0.137. The quantitative estimate of drug-likeness (QED) is 0.449. The molecule has 0 saturated carbocycles. The van der Waals surface area contributed by atoms with E-state index >= 15 is 0 Å². The molecule has 1 aliphatic rings. The Kier molecular flexibility index (Phi) is 6.48. The number of alkyl halides is 5. The highest BCUT2D eigenvalue weighted by Gasteiger charge is 2.42. The summed E-state index contributed by atoms with van der Waals surface area (Å²) in [6.45, 7) is 1.50. The van der Waals surface area contributed by atoms with E-state index in [-0.39, 0.29) is 24.6 Å². The Morgan fingerprint density at radius 2 is 2.03 bits per heavy atom. The number of nitrogens with zero attached hydrogens (tertiary/aromatic N) is 3. The van der Waals surface area contributed by atoms with Gasteiger partial charge in [-0.05, 0) is 53.8 Å². The number of nitrogens with one attached hydrogen (secondary N) is 1. The first-order chi connectivity index (χ1) is 14.0. The van der Waals surface area contributed by atoms with Crippen molar-refractivity contribution < 1.29 is 26.7 Å². The van der Waals surface area contributed by atoms with Gasteiger partial charge < -0.3 is 10.2 Å². The van der Waals surface area contributed by atoms with E-state index in [0.717, 1.165) is 12.1 Å². The monoisotopic (exact) mass is 540 g/mol. The van der Waals surface area contributed by atoms with Gasteiger partial charge in [0.25, 0.3) is 11.8 Å². The molecular weight excluding hydrogens is 522 g/mol. The third-order valence-corrected chi connectivity index (χ3v) is 5.62. The summed E-state index contributed by atoms with van der Waals surface area (Å²) in [5.74, 6) is -3.29. The van der Waals surface area contributed by atoms with Crippen molar-refractivity contribution in [2.45, 2.75) is 37.9 Å². The number of hydrogen-bond acceptors (Lipinski definition) is 4. The molecule has 1 amide bonds. The molecule has 1 atom stereocenters. The summed E-state index contributed by atoms with van der Waals surface area (Å²) < 4.78 is 66.6. The molecule has 1 fully saturated rings. The molecule has 0 aromatic carbocycles. The summed E-state index contributed by atoms with van der Waals surface area (Å²) >= 11 is 1.97.